The van der Waals surface area contributed by atoms with Gasteiger partial charge in [-0.1, -0.05) is 11.6 Å². The number of amides is 1. The molecule has 0 unspecified atom stereocenters. The minimum Gasteiger partial charge on any atom is -0.507 e. The lowest BCUT2D eigenvalue weighted by Crippen LogP contribution is -2.33. The summed E-state index contributed by atoms with van der Waals surface area (Å²) in [6, 6.07) is 3.30. The van der Waals surface area contributed by atoms with Crippen LogP contribution in [0.4, 0.5) is 5.82 Å². The van der Waals surface area contributed by atoms with E-state index >= 15 is 0 Å². The largest absolute Gasteiger partial charge is 0.507 e. The molecule has 2 aromatic heterocycles. The summed E-state index contributed by atoms with van der Waals surface area (Å²) in [7, 11) is 0. The zero-order valence-electron chi connectivity index (χ0n) is 13.6. The third-order valence-electron chi connectivity index (χ3n) is 4.79. The lowest BCUT2D eigenvalue weighted by molar-refractivity contribution is 0.102. The molecule has 0 aliphatic heterocycles. The van der Waals surface area contributed by atoms with Gasteiger partial charge in [-0.15, -0.1) is 0 Å². The molecule has 0 aromatic carbocycles. The molecule has 130 valence electrons. The van der Waals surface area contributed by atoms with Crippen molar-refractivity contribution in [2.24, 2.45) is 0 Å². The molecule has 0 atom stereocenters. The van der Waals surface area contributed by atoms with Crippen molar-refractivity contribution in [2.45, 2.75) is 44.6 Å². The Morgan fingerprint density at radius 2 is 2.04 bits per heavy atom. The van der Waals surface area contributed by atoms with Gasteiger partial charge in [-0.2, -0.15) is 0 Å². The van der Waals surface area contributed by atoms with Gasteiger partial charge in [0.1, 0.15) is 17.1 Å². The van der Waals surface area contributed by atoms with Crippen molar-refractivity contribution in [2.75, 3.05) is 5.32 Å². The van der Waals surface area contributed by atoms with Gasteiger partial charge in [0, 0.05) is 23.5 Å². The summed E-state index contributed by atoms with van der Waals surface area (Å²) in [5, 5.41) is 13.6. The van der Waals surface area contributed by atoms with Crippen molar-refractivity contribution in [3.05, 3.63) is 50.5 Å². The topological polar surface area (TPSA) is 84.2 Å². The molecular weight excluding hydrogens is 342 g/mol. The Labute approximate surface area is 149 Å². The molecule has 2 aromatic rings. The van der Waals surface area contributed by atoms with Crippen molar-refractivity contribution in [3.8, 4) is 5.75 Å². The Kier molecular flexibility index (Phi) is 4.00. The summed E-state index contributed by atoms with van der Waals surface area (Å²) in [6.07, 6.45) is 6.70. The van der Waals surface area contributed by atoms with Crippen LogP contribution in [-0.2, 0) is 12.8 Å². The van der Waals surface area contributed by atoms with E-state index in [4.69, 9.17) is 11.6 Å². The van der Waals surface area contributed by atoms with Crippen molar-refractivity contribution >= 4 is 23.3 Å². The number of aromatic nitrogens is 2. The molecule has 2 aliphatic carbocycles. The van der Waals surface area contributed by atoms with Gasteiger partial charge in [0.15, 0.2) is 0 Å². The predicted octanol–water partition coefficient (Wildman–Crippen LogP) is 3.07. The van der Waals surface area contributed by atoms with Gasteiger partial charge in [-0.05, 0) is 50.7 Å². The van der Waals surface area contributed by atoms with E-state index in [9.17, 15) is 14.7 Å². The van der Waals surface area contributed by atoms with E-state index in [0.29, 0.717) is 11.4 Å². The number of carbonyl (C=O) groups is 1. The normalized spacial score (nSPS) is 16.4. The van der Waals surface area contributed by atoms with Crippen LogP contribution in [0, 0.1) is 0 Å². The maximum atomic E-state index is 12.9. The molecule has 1 saturated carbocycles. The Balaban J connectivity index is 1.78. The smallest absolute Gasteiger partial charge is 0.267 e. The highest BCUT2D eigenvalue weighted by atomic mass is 35.5. The molecule has 2 aliphatic rings. The fourth-order valence-electron chi connectivity index (χ4n) is 3.46. The third-order valence-corrected chi connectivity index (χ3v) is 5.02. The Morgan fingerprint density at radius 3 is 2.72 bits per heavy atom. The number of nitrogens with zero attached hydrogens (tertiary/aromatic N) is 2. The number of hydrogen-bond acceptors (Lipinski definition) is 4. The quantitative estimate of drug-likeness (QED) is 0.882. The number of anilines is 1. The SMILES string of the molecule is O=C(Nc1ccc(Cl)cn1)c1c(O)c2c(n(C3CC3)c1=O)CCCC2. The number of nitrogens with one attached hydrogen (secondary N) is 1. The summed E-state index contributed by atoms with van der Waals surface area (Å²) in [5.41, 5.74) is 1.04. The number of halogens is 1. The van der Waals surface area contributed by atoms with E-state index in [2.05, 4.69) is 10.3 Å². The fourth-order valence-corrected chi connectivity index (χ4v) is 3.57. The van der Waals surface area contributed by atoms with Gasteiger partial charge < -0.3 is 15.0 Å². The second-order valence-electron chi connectivity index (χ2n) is 6.58. The Hall–Kier alpha value is -2.34. The van der Waals surface area contributed by atoms with Crippen LogP contribution < -0.4 is 10.9 Å². The van der Waals surface area contributed by atoms with Crippen LogP contribution in [0.2, 0.25) is 5.02 Å². The van der Waals surface area contributed by atoms with E-state index in [-0.39, 0.29) is 23.2 Å². The molecule has 2 heterocycles. The van der Waals surface area contributed by atoms with Crippen molar-refractivity contribution < 1.29 is 9.90 Å². The predicted molar refractivity (Wildman–Crippen MR) is 94.5 cm³/mol. The van der Waals surface area contributed by atoms with Crippen LogP contribution in [0.1, 0.15) is 53.3 Å². The average Bonchev–Trinajstić information content (AvgIpc) is 3.42. The molecule has 1 fully saturated rings. The maximum Gasteiger partial charge on any atom is 0.267 e. The van der Waals surface area contributed by atoms with Crippen LogP contribution in [0.25, 0.3) is 0 Å². The van der Waals surface area contributed by atoms with Gasteiger partial charge in [-0.25, -0.2) is 4.98 Å². The lowest BCUT2D eigenvalue weighted by Gasteiger charge is -2.23. The highest BCUT2D eigenvalue weighted by Crippen LogP contribution is 2.39. The molecule has 0 bridgehead atoms. The third kappa shape index (κ3) is 2.91. The van der Waals surface area contributed by atoms with E-state index < -0.39 is 11.5 Å². The van der Waals surface area contributed by atoms with Crippen LogP contribution in [0.3, 0.4) is 0 Å². The number of aromatic hydroxyl groups is 1. The summed E-state index contributed by atoms with van der Waals surface area (Å²) in [5.74, 6) is -0.535. The Bertz CT molecular complexity index is 901. The van der Waals surface area contributed by atoms with E-state index in [1.54, 1.807) is 16.7 Å². The first-order valence-electron chi connectivity index (χ1n) is 8.48. The lowest BCUT2D eigenvalue weighted by atomic mass is 9.93. The highest BCUT2D eigenvalue weighted by Gasteiger charge is 2.34. The minimum absolute atomic E-state index is 0.153. The van der Waals surface area contributed by atoms with Crippen molar-refractivity contribution in [1.29, 1.82) is 0 Å². The van der Waals surface area contributed by atoms with Crippen LogP contribution >= 0.6 is 11.6 Å². The van der Waals surface area contributed by atoms with Crippen LogP contribution in [0.15, 0.2) is 23.1 Å². The average molecular weight is 360 g/mol. The zero-order valence-corrected chi connectivity index (χ0v) is 14.3. The molecule has 4 rings (SSSR count). The first-order chi connectivity index (χ1) is 12.1. The molecular formula is C18H18ClN3O3. The molecule has 0 saturated heterocycles. The molecule has 6 nitrogen and oxygen atoms in total. The van der Waals surface area contributed by atoms with Gasteiger partial charge in [0.2, 0.25) is 0 Å². The molecule has 1 amide bonds. The van der Waals surface area contributed by atoms with Gasteiger partial charge >= 0.3 is 0 Å². The number of pyridine rings is 2. The highest BCUT2D eigenvalue weighted by molar-refractivity contribution is 6.30. The van der Waals surface area contributed by atoms with Gasteiger partial charge in [0.25, 0.3) is 11.5 Å². The summed E-state index contributed by atoms with van der Waals surface area (Å²) >= 11 is 5.79. The zero-order chi connectivity index (χ0) is 17.6. The molecule has 2 N–H and O–H groups in total. The summed E-state index contributed by atoms with van der Waals surface area (Å²) < 4.78 is 1.73. The van der Waals surface area contributed by atoms with E-state index in [0.717, 1.165) is 43.4 Å². The molecule has 7 heteroatoms. The first kappa shape index (κ1) is 16.1. The van der Waals surface area contributed by atoms with Crippen LogP contribution in [0.5, 0.6) is 5.75 Å². The fraction of sp³-hybridized carbons (Fsp3) is 0.389. The Morgan fingerprint density at radius 1 is 1.28 bits per heavy atom. The summed E-state index contributed by atoms with van der Waals surface area (Å²) in [4.78, 5) is 29.6. The molecule has 0 spiro atoms. The number of rotatable bonds is 3. The maximum absolute atomic E-state index is 12.9. The van der Waals surface area contributed by atoms with Crippen LogP contribution in [-0.4, -0.2) is 20.6 Å². The van der Waals surface area contributed by atoms with Crippen molar-refractivity contribution in [1.82, 2.24) is 9.55 Å². The van der Waals surface area contributed by atoms with Gasteiger partial charge in [-0.3, -0.25) is 9.59 Å². The number of hydrogen-bond donors (Lipinski definition) is 2. The van der Waals surface area contributed by atoms with E-state index in [1.807, 2.05) is 0 Å². The van der Waals surface area contributed by atoms with E-state index in [1.165, 1.54) is 6.20 Å². The standard InChI is InChI=1S/C18H18ClN3O3/c19-10-5-8-14(20-9-10)21-17(24)15-16(23)12-3-1-2-4-13(12)22(18(15)25)11-6-7-11/h5,8-9,11,23H,1-4,6-7H2,(H,20,21,24). The molecule has 25 heavy (non-hydrogen) atoms. The second kappa shape index (κ2) is 6.19. The monoisotopic (exact) mass is 359 g/mol. The second-order valence-corrected chi connectivity index (χ2v) is 7.01. The first-order valence-corrected chi connectivity index (χ1v) is 8.86. The van der Waals surface area contributed by atoms with Gasteiger partial charge in [0.05, 0.1) is 5.02 Å². The minimum atomic E-state index is -0.639. The molecule has 0 radical (unpaired) electrons. The number of carbonyl (C=O) groups excluding carboxylic acids is 1. The summed E-state index contributed by atoms with van der Waals surface area (Å²) in [6.45, 7) is 0. The number of fused-ring (bicyclic) bond motifs is 1. The van der Waals surface area contributed by atoms with Crippen molar-refractivity contribution in [3.63, 3.8) is 0 Å².